The number of hydrogen-bond acceptors (Lipinski definition) is 4. The van der Waals surface area contributed by atoms with Gasteiger partial charge in [0.2, 0.25) is 0 Å². The molecule has 0 bridgehead atoms. The monoisotopic (exact) mass is 251 g/mol. The van der Waals surface area contributed by atoms with Gasteiger partial charge in [-0.15, -0.1) is 22.7 Å². The van der Waals surface area contributed by atoms with Crippen LogP contribution >= 0.6 is 22.7 Å². The molecule has 1 unspecified atom stereocenters. The van der Waals surface area contributed by atoms with E-state index in [0.717, 1.165) is 30.2 Å². The first kappa shape index (κ1) is 10.4. The summed E-state index contributed by atoms with van der Waals surface area (Å²) < 4.78 is 6.04. The predicted octanol–water partition coefficient (Wildman–Crippen LogP) is 3.57. The van der Waals surface area contributed by atoms with Crippen molar-refractivity contribution in [2.24, 2.45) is 0 Å². The zero-order valence-electron chi connectivity index (χ0n) is 9.10. The van der Waals surface area contributed by atoms with Crippen molar-refractivity contribution in [3.05, 3.63) is 38.5 Å². The third kappa shape index (κ3) is 1.52. The quantitative estimate of drug-likeness (QED) is 0.814. The molecule has 2 aromatic rings. The zero-order valence-corrected chi connectivity index (χ0v) is 10.7. The van der Waals surface area contributed by atoms with Gasteiger partial charge in [-0.2, -0.15) is 0 Å². The summed E-state index contributed by atoms with van der Waals surface area (Å²) in [5, 5.41) is 5.33. The van der Waals surface area contributed by atoms with Crippen LogP contribution in [-0.4, -0.2) is 11.6 Å². The molecular weight excluding hydrogens is 238 g/mol. The minimum atomic E-state index is -0.243. The molecule has 0 amide bonds. The zero-order chi connectivity index (χ0) is 11.0. The molecule has 0 aromatic carbocycles. The molecule has 1 fully saturated rings. The van der Waals surface area contributed by atoms with Gasteiger partial charge in [-0.25, -0.2) is 4.98 Å². The van der Waals surface area contributed by atoms with E-state index in [-0.39, 0.29) is 5.60 Å². The van der Waals surface area contributed by atoms with Crippen LogP contribution in [0.1, 0.15) is 28.4 Å². The lowest BCUT2D eigenvalue weighted by atomic mass is 9.99. The Bertz CT molecular complexity index is 469. The van der Waals surface area contributed by atoms with E-state index in [0.29, 0.717) is 0 Å². The molecule has 1 aliphatic heterocycles. The molecular formula is C12H13NOS2. The molecule has 16 heavy (non-hydrogen) atoms. The van der Waals surface area contributed by atoms with Gasteiger partial charge in [-0.3, -0.25) is 0 Å². The number of aromatic nitrogens is 1. The Labute approximate surface area is 103 Å². The Hall–Kier alpha value is -0.710. The summed E-state index contributed by atoms with van der Waals surface area (Å²) in [7, 11) is 0. The molecule has 0 N–H and O–H groups in total. The highest BCUT2D eigenvalue weighted by molar-refractivity contribution is 7.11. The molecule has 0 saturated carbocycles. The Morgan fingerprint density at radius 1 is 1.44 bits per heavy atom. The van der Waals surface area contributed by atoms with Gasteiger partial charge in [0.15, 0.2) is 5.60 Å². The van der Waals surface area contributed by atoms with Gasteiger partial charge < -0.3 is 4.74 Å². The fraction of sp³-hybridized carbons (Fsp3) is 0.417. The van der Waals surface area contributed by atoms with Gasteiger partial charge in [-0.05, 0) is 31.2 Å². The van der Waals surface area contributed by atoms with Gasteiger partial charge in [-0.1, -0.05) is 6.07 Å². The average molecular weight is 251 g/mol. The maximum absolute atomic E-state index is 6.04. The number of thiophene rings is 1. The van der Waals surface area contributed by atoms with Gasteiger partial charge in [0.05, 0.1) is 0 Å². The summed E-state index contributed by atoms with van der Waals surface area (Å²) >= 11 is 3.48. The lowest BCUT2D eigenvalue weighted by molar-refractivity contribution is 0.0387. The highest BCUT2D eigenvalue weighted by atomic mass is 32.1. The van der Waals surface area contributed by atoms with Gasteiger partial charge in [0.25, 0.3) is 0 Å². The topological polar surface area (TPSA) is 22.1 Å². The largest absolute Gasteiger partial charge is 0.362 e. The SMILES string of the molecule is Cc1csc(C2(c3cccs3)CCCO2)n1. The fourth-order valence-corrected chi connectivity index (χ4v) is 4.12. The van der Waals surface area contributed by atoms with E-state index in [1.165, 1.54) is 4.88 Å². The molecule has 4 heteroatoms. The van der Waals surface area contributed by atoms with Crippen LogP contribution in [0.25, 0.3) is 0 Å². The number of thiazole rings is 1. The number of ether oxygens (including phenoxy) is 1. The van der Waals surface area contributed by atoms with Gasteiger partial charge >= 0.3 is 0 Å². The van der Waals surface area contributed by atoms with E-state index < -0.39 is 0 Å². The minimum absolute atomic E-state index is 0.243. The summed E-state index contributed by atoms with van der Waals surface area (Å²) in [6.07, 6.45) is 2.18. The van der Waals surface area contributed by atoms with Crippen molar-refractivity contribution < 1.29 is 4.74 Å². The molecule has 1 saturated heterocycles. The van der Waals surface area contributed by atoms with Crippen LogP contribution in [0.3, 0.4) is 0 Å². The van der Waals surface area contributed by atoms with Crippen LogP contribution < -0.4 is 0 Å². The second kappa shape index (κ2) is 3.95. The molecule has 84 valence electrons. The molecule has 1 aliphatic rings. The summed E-state index contributed by atoms with van der Waals surface area (Å²) in [6.45, 7) is 2.88. The molecule has 1 atom stereocenters. The molecule has 2 nitrogen and oxygen atoms in total. The van der Waals surface area contributed by atoms with Crippen molar-refractivity contribution >= 4 is 22.7 Å². The maximum atomic E-state index is 6.04. The van der Waals surface area contributed by atoms with Gasteiger partial charge in [0.1, 0.15) is 5.01 Å². The first-order valence-electron chi connectivity index (χ1n) is 5.42. The van der Waals surface area contributed by atoms with Crippen LogP contribution in [0.4, 0.5) is 0 Å². The van der Waals surface area contributed by atoms with Crippen molar-refractivity contribution in [1.29, 1.82) is 0 Å². The summed E-state index contributed by atoms with van der Waals surface area (Å²) in [6, 6.07) is 4.25. The Kier molecular flexibility index (Phi) is 2.58. The van der Waals surface area contributed by atoms with E-state index in [1.807, 2.05) is 6.92 Å². The van der Waals surface area contributed by atoms with Crippen molar-refractivity contribution in [3.63, 3.8) is 0 Å². The molecule has 2 aromatic heterocycles. The van der Waals surface area contributed by atoms with Crippen molar-refractivity contribution in [2.75, 3.05) is 6.61 Å². The fourth-order valence-electron chi connectivity index (χ4n) is 2.16. The molecule has 0 spiro atoms. The van der Waals surface area contributed by atoms with Crippen LogP contribution in [0.2, 0.25) is 0 Å². The Morgan fingerprint density at radius 2 is 2.38 bits per heavy atom. The predicted molar refractivity (Wildman–Crippen MR) is 67.1 cm³/mol. The van der Waals surface area contributed by atoms with Crippen LogP contribution in [-0.2, 0) is 10.3 Å². The highest BCUT2D eigenvalue weighted by Gasteiger charge is 2.42. The number of aryl methyl sites for hydroxylation is 1. The first-order valence-corrected chi connectivity index (χ1v) is 7.18. The molecule has 0 radical (unpaired) electrons. The second-order valence-corrected chi connectivity index (χ2v) is 5.86. The highest BCUT2D eigenvalue weighted by Crippen LogP contribution is 2.45. The van der Waals surface area contributed by atoms with Gasteiger partial charge in [0, 0.05) is 22.6 Å². The third-order valence-corrected chi connectivity index (χ3v) is 5.02. The normalized spacial score (nSPS) is 25.1. The average Bonchev–Trinajstić information content (AvgIpc) is 2.98. The van der Waals surface area contributed by atoms with E-state index in [4.69, 9.17) is 4.74 Å². The number of rotatable bonds is 2. The van der Waals surface area contributed by atoms with E-state index in [1.54, 1.807) is 22.7 Å². The van der Waals surface area contributed by atoms with Crippen molar-refractivity contribution in [2.45, 2.75) is 25.4 Å². The van der Waals surface area contributed by atoms with E-state index in [9.17, 15) is 0 Å². The Morgan fingerprint density at radius 3 is 2.94 bits per heavy atom. The molecule has 0 aliphatic carbocycles. The smallest absolute Gasteiger partial charge is 0.153 e. The lowest BCUT2D eigenvalue weighted by Gasteiger charge is -2.24. The summed E-state index contributed by atoms with van der Waals surface area (Å²) in [5.74, 6) is 0. The third-order valence-electron chi connectivity index (χ3n) is 2.91. The van der Waals surface area contributed by atoms with Crippen molar-refractivity contribution in [3.8, 4) is 0 Å². The van der Waals surface area contributed by atoms with Crippen molar-refractivity contribution in [1.82, 2.24) is 4.98 Å². The lowest BCUT2D eigenvalue weighted by Crippen LogP contribution is -2.24. The Balaban J connectivity index is 2.10. The standard InChI is InChI=1S/C12H13NOS2/c1-9-8-16-11(13-9)12(5-3-6-14-12)10-4-2-7-15-10/h2,4,7-8H,3,5-6H2,1H3. The van der Waals surface area contributed by atoms with E-state index >= 15 is 0 Å². The second-order valence-electron chi connectivity index (χ2n) is 4.05. The van der Waals surface area contributed by atoms with Crippen LogP contribution in [0, 0.1) is 6.92 Å². The van der Waals surface area contributed by atoms with Crippen LogP contribution in [0.5, 0.6) is 0 Å². The first-order chi connectivity index (χ1) is 7.81. The molecule has 3 rings (SSSR count). The minimum Gasteiger partial charge on any atom is -0.362 e. The maximum Gasteiger partial charge on any atom is 0.153 e. The van der Waals surface area contributed by atoms with E-state index in [2.05, 4.69) is 27.9 Å². The number of hydrogen-bond donors (Lipinski definition) is 0. The molecule has 3 heterocycles. The number of nitrogens with zero attached hydrogens (tertiary/aromatic N) is 1. The van der Waals surface area contributed by atoms with Crippen LogP contribution in [0.15, 0.2) is 22.9 Å². The summed E-state index contributed by atoms with van der Waals surface area (Å²) in [4.78, 5) is 5.91. The summed E-state index contributed by atoms with van der Waals surface area (Å²) in [5.41, 5.74) is 0.846.